The van der Waals surface area contributed by atoms with E-state index in [0.717, 1.165) is 17.5 Å². The third kappa shape index (κ3) is 3.58. The number of benzene rings is 1. The number of methoxy groups -OCH3 is 1. The van der Waals surface area contributed by atoms with Crippen molar-refractivity contribution in [1.82, 2.24) is 4.57 Å². The van der Waals surface area contributed by atoms with Gasteiger partial charge in [0.15, 0.2) is 16.9 Å². The van der Waals surface area contributed by atoms with Gasteiger partial charge in [-0.25, -0.2) is 4.79 Å². The van der Waals surface area contributed by atoms with Crippen molar-refractivity contribution in [2.45, 2.75) is 45.8 Å². The first kappa shape index (κ1) is 20.5. The van der Waals surface area contributed by atoms with E-state index in [1.54, 1.807) is 7.11 Å². The van der Waals surface area contributed by atoms with E-state index in [-0.39, 0.29) is 23.1 Å². The number of aromatic nitrogens is 1. The number of fused-ring (bicyclic) bond motifs is 3. The number of ether oxygens (including phenoxy) is 3. The van der Waals surface area contributed by atoms with Gasteiger partial charge in [0.2, 0.25) is 0 Å². The highest BCUT2D eigenvalue weighted by atomic mass is 16.6. The van der Waals surface area contributed by atoms with E-state index in [2.05, 4.69) is 20.8 Å². The molecule has 30 heavy (non-hydrogen) atoms. The molecule has 1 N–H and O–H groups in total. The molecular formula is C23H27NO6. The molecule has 1 aromatic heterocycles. The number of aromatic carboxylic acids is 1. The van der Waals surface area contributed by atoms with Crippen molar-refractivity contribution in [3.63, 3.8) is 0 Å². The number of hydrogen-bond acceptors (Lipinski definition) is 5. The summed E-state index contributed by atoms with van der Waals surface area (Å²) in [5.41, 5.74) is 1.72. The van der Waals surface area contributed by atoms with Crippen LogP contribution >= 0.6 is 0 Å². The topological polar surface area (TPSA) is 87.0 Å². The Morgan fingerprint density at radius 2 is 2.00 bits per heavy atom. The molecule has 0 radical (unpaired) electrons. The largest absolute Gasteiger partial charge is 0.493 e. The first-order chi connectivity index (χ1) is 14.2. The summed E-state index contributed by atoms with van der Waals surface area (Å²) in [5.74, 6) is 0.0300. The molecule has 3 heterocycles. The number of carbonyl (C=O) groups is 1. The van der Waals surface area contributed by atoms with Gasteiger partial charge in [0.05, 0.1) is 26.0 Å². The lowest BCUT2D eigenvalue weighted by Crippen LogP contribution is -2.32. The van der Waals surface area contributed by atoms with E-state index in [1.165, 1.54) is 12.3 Å². The highest BCUT2D eigenvalue weighted by Crippen LogP contribution is 2.46. The van der Waals surface area contributed by atoms with Crippen molar-refractivity contribution in [2.24, 2.45) is 5.41 Å². The van der Waals surface area contributed by atoms with Crippen LogP contribution in [0.4, 0.5) is 0 Å². The molecule has 160 valence electrons. The Balaban J connectivity index is 1.88. The Hall–Kier alpha value is -2.80. The number of hydrogen-bond donors (Lipinski definition) is 1. The monoisotopic (exact) mass is 413 g/mol. The second kappa shape index (κ2) is 7.47. The molecule has 2 aliphatic rings. The van der Waals surface area contributed by atoms with Crippen molar-refractivity contribution in [2.75, 3.05) is 20.3 Å². The van der Waals surface area contributed by atoms with E-state index >= 15 is 0 Å². The molecule has 1 fully saturated rings. The molecule has 1 saturated heterocycles. The zero-order valence-corrected chi connectivity index (χ0v) is 17.7. The van der Waals surface area contributed by atoms with Crippen LogP contribution < -0.4 is 14.9 Å². The standard InChI is InChI=1S/C23H27NO6/c1-23(2,3)21-8-13-7-20(30-14-5-6-29-12-14)19(28-4)9-15(13)17-10-18(25)16(22(26)27)11-24(17)21/h7,9-11,14,21H,5-6,8,12H2,1-4H3,(H,26,27)/t14-,21?/m1/s1. The molecule has 7 heteroatoms. The summed E-state index contributed by atoms with van der Waals surface area (Å²) in [6, 6.07) is 5.27. The minimum Gasteiger partial charge on any atom is -0.493 e. The normalized spacial score (nSPS) is 20.4. The molecule has 2 aliphatic heterocycles. The lowest BCUT2D eigenvalue weighted by Gasteiger charge is -2.39. The maximum absolute atomic E-state index is 12.5. The number of carboxylic acid groups (broad SMARTS) is 1. The maximum atomic E-state index is 12.5. The van der Waals surface area contributed by atoms with Crippen LogP contribution in [0.25, 0.3) is 11.3 Å². The smallest absolute Gasteiger partial charge is 0.341 e. The molecule has 2 aromatic rings. The molecule has 1 aromatic carbocycles. The average Bonchev–Trinajstić information content (AvgIpc) is 3.18. The number of pyridine rings is 1. The summed E-state index contributed by atoms with van der Waals surface area (Å²) >= 11 is 0. The zero-order chi connectivity index (χ0) is 21.6. The second-order valence-electron chi connectivity index (χ2n) is 9.00. The van der Waals surface area contributed by atoms with Crippen LogP contribution in [-0.2, 0) is 11.2 Å². The highest BCUT2D eigenvalue weighted by Gasteiger charge is 2.34. The fraction of sp³-hybridized carbons (Fsp3) is 0.478. The lowest BCUT2D eigenvalue weighted by atomic mass is 9.78. The SMILES string of the molecule is COc1cc2c(cc1O[C@@H]1CCOC1)CC(C(C)(C)C)n1cc(C(=O)O)c(=O)cc1-2. The van der Waals surface area contributed by atoms with Crippen molar-refractivity contribution in [1.29, 1.82) is 0 Å². The maximum Gasteiger partial charge on any atom is 0.341 e. The first-order valence-corrected chi connectivity index (χ1v) is 10.1. The Kier molecular flexibility index (Phi) is 5.10. The molecule has 2 atom stereocenters. The van der Waals surface area contributed by atoms with Gasteiger partial charge in [-0.3, -0.25) is 4.79 Å². The van der Waals surface area contributed by atoms with Gasteiger partial charge in [-0.15, -0.1) is 0 Å². The predicted molar refractivity (Wildman–Crippen MR) is 112 cm³/mol. The van der Waals surface area contributed by atoms with Crippen molar-refractivity contribution in [3.8, 4) is 22.8 Å². The fourth-order valence-corrected chi connectivity index (χ4v) is 4.26. The number of nitrogens with zero attached hydrogens (tertiary/aromatic N) is 1. The van der Waals surface area contributed by atoms with Crippen molar-refractivity contribution in [3.05, 3.63) is 45.7 Å². The highest BCUT2D eigenvalue weighted by molar-refractivity contribution is 5.88. The van der Waals surface area contributed by atoms with Gasteiger partial charge in [0, 0.05) is 30.3 Å². The number of carboxylic acids is 1. The van der Waals surface area contributed by atoms with E-state index < -0.39 is 11.4 Å². The van der Waals surface area contributed by atoms with E-state index in [9.17, 15) is 14.7 Å². The lowest BCUT2D eigenvalue weighted by molar-refractivity contribution is 0.0693. The van der Waals surface area contributed by atoms with Crippen molar-refractivity contribution >= 4 is 5.97 Å². The van der Waals surface area contributed by atoms with Gasteiger partial charge in [-0.05, 0) is 29.5 Å². The molecule has 4 rings (SSSR count). The average molecular weight is 413 g/mol. The third-order valence-corrected chi connectivity index (χ3v) is 5.91. The molecule has 0 bridgehead atoms. The van der Waals surface area contributed by atoms with Crippen LogP contribution in [0.15, 0.2) is 29.2 Å². The van der Waals surface area contributed by atoms with Crippen LogP contribution in [-0.4, -0.2) is 42.1 Å². The van der Waals surface area contributed by atoms with E-state index in [0.29, 0.717) is 36.8 Å². The predicted octanol–water partition coefficient (Wildman–Crippen LogP) is 3.53. The quantitative estimate of drug-likeness (QED) is 0.825. The molecule has 7 nitrogen and oxygen atoms in total. The summed E-state index contributed by atoms with van der Waals surface area (Å²) in [6.07, 6.45) is 2.99. The summed E-state index contributed by atoms with van der Waals surface area (Å²) in [6.45, 7) is 7.58. The van der Waals surface area contributed by atoms with Crippen LogP contribution in [0.3, 0.4) is 0 Å². The minimum atomic E-state index is -1.21. The van der Waals surface area contributed by atoms with Gasteiger partial charge in [-0.2, -0.15) is 0 Å². The summed E-state index contributed by atoms with van der Waals surface area (Å²) in [5, 5.41) is 9.45. The summed E-state index contributed by atoms with van der Waals surface area (Å²) in [4.78, 5) is 24.0. The minimum absolute atomic E-state index is 0.00742. The summed E-state index contributed by atoms with van der Waals surface area (Å²) < 4.78 is 19.1. The zero-order valence-electron chi connectivity index (χ0n) is 17.7. The van der Waals surface area contributed by atoms with Crippen LogP contribution in [0.5, 0.6) is 11.5 Å². The van der Waals surface area contributed by atoms with Gasteiger partial charge >= 0.3 is 5.97 Å². The molecule has 0 spiro atoms. The van der Waals surface area contributed by atoms with Crippen LogP contribution in [0.2, 0.25) is 0 Å². The molecule has 0 aliphatic carbocycles. The Morgan fingerprint density at radius 3 is 2.60 bits per heavy atom. The number of rotatable bonds is 4. The fourth-order valence-electron chi connectivity index (χ4n) is 4.26. The Labute approximate surface area is 175 Å². The third-order valence-electron chi connectivity index (χ3n) is 5.91. The van der Waals surface area contributed by atoms with Crippen LogP contribution in [0.1, 0.15) is 49.2 Å². The van der Waals surface area contributed by atoms with Crippen LogP contribution in [0, 0.1) is 5.41 Å². The van der Waals surface area contributed by atoms with E-state index in [1.807, 2.05) is 16.7 Å². The Bertz CT molecular complexity index is 1040. The Morgan fingerprint density at radius 1 is 1.23 bits per heavy atom. The van der Waals surface area contributed by atoms with Gasteiger partial charge in [-0.1, -0.05) is 20.8 Å². The molecule has 0 amide bonds. The molecule has 0 saturated carbocycles. The summed E-state index contributed by atoms with van der Waals surface area (Å²) in [7, 11) is 1.58. The second-order valence-corrected chi connectivity index (χ2v) is 9.00. The van der Waals surface area contributed by atoms with Gasteiger partial charge in [0.25, 0.3) is 0 Å². The van der Waals surface area contributed by atoms with Gasteiger partial charge in [0.1, 0.15) is 11.7 Å². The molecule has 1 unspecified atom stereocenters. The first-order valence-electron chi connectivity index (χ1n) is 10.1. The molecular weight excluding hydrogens is 386 g/mol. The van der Waals surface area contributed by atoms with Crippen molar-refractivity contribution < 1.29 is 24.1 Å². The van der Waals surface area contributed by atoms with E-state index in [4.69, 9.17) is 14.2 Å². The van der Waals surface area contributed by atoms with Gasteiger partial charge < -0.3 is 23.9 Å².